The molecule has 29 heavy (non-hydrogen) atoms. The van der Waals surface area contributed by atoms with Gasteiger partial charge < -0.3 is 15.0 Å². The number of hydrogen-bond acceptors (Lipinski definition) is 3. The highest BCUT2D eigenvalue weighted by Gasteiger charge is 2.28. The number of carbonyl (C=O) groups excluding carboxylic acids is 2. The Labute approximate surface area is 175 Å². The van der Waals surface area contributed by atoms with E-state index < -0.39 is 29.9 Å². The maximum Gasteiger partial charge on any atom is 0.261 e. The minimum Gasteiger partial charge on any atom is -0.481 e. The number of para-hydroxylation sites is 1. The molecular weight excluding hydrogens is 395 g/mol. The highest BCUT2D eigenvalue weighted by molar-refractivity contribution is 6.30. The molecule has 156 valence electrons. The van der Waals surface area contributed by atoms with Crippen molar-refractivity contribution in [3.8, 4) is 5.75 Å². The second kappa shape index (κ2) is 9.74. The number of ether oxygens (including phenoxy) is 1. The van der Waals surface area contributed by atoms with Crippen LogP contribution in [-0.4, -0.2) is 34.9 Å². The van der Waals surface area contributed by atoms with Crippen LogP contribution in [-0.2, 0) is 16.1 Å². The van der Waals surface area contributed by atoms with E-state index in [0.29, 0.717) is 5.02 Å². The smallest absolute Gasteiger partial charge is 0.261 e. The molecule has 0 unspecified atom stereocenters. The number of rotatable bonds is 7. The molecule has 0 radical (unpaired) electrons. The molecule has 0 heterocycles. The van der Waals surface area contributed by atoms with E-state index in [4.69, 9.17) is 16.3 Å². The second-order valence-electron chi connectivity index (χ2n) is 7.79. The summed E-state index contributed by atoms with van der Waals surface area (Å²) < 4.78 is 19.1. The quantitative estimate of drug-likeness (QED) is 0.730. The maximum atomic E-state index is 13.8. The summed E-state index contributed by atoms with van der Waals surface area (Å²) in [6.07, 6.45) is 0. The molecule has 1 N–H and O–H groups in total. The normalized spacial score (nSPS) is 12.2. The van der Waals surface area contributed by atoms with E-state index in [-0.39, 0.29) is 18.2 Å². The largest absolute Gasteiger partial charge is 0.481 e. The van der Waals surface area contributed by atoms with Gasteiger partial charge in [-0.1, -0.05) is 35.9 Å². The molecule has 2 rings (SSSR count). The Balaban J connectivity index is 2.19. The molecule has 0 bridgehead atoms. The standard InChI is InChI=1S/C22H26ClFN2O3/c1-15(21(28)25-22(2,3)4)26(13-16-8-7-9-17(23)12-16)20(27)14-29-19-11-6-5-10-18(19)24/h5-12,15H,13-14H2,1-4H3,(H,25,28)/t15-/m1/s1. The summed E-state index contributed by atoms with van der Waals surface area (Å²) in [6.45, 7) is 7.01. The first-order valence-electron chi connectivity index (χ1n) is 9.30. The summed E-state index contributed by atoms with van der Waals surface area (Å²) in [6, 6.07) is 12.1. The lowest BCUT2D eigenvalue weighted by atomic mass is 10.1. The van der Waals surface area contributed by atoms with Crippen molar-refractivity contribution in [1.82, 2.24) is 10.2 Å². The number of benzene rings is 2. The van der Waals surface area contributed by atoms with Crippen molar-refractivity contribution in [3.05, 3.63) is 64.9 Å². The van der Waals surface area contributed by atoms with Crippen LogP contribution in [0.4, 0.5) is 4.39 Å². The van der Waals surface area contributed by atoms with Crippen LogP contribution in [0.1, 0.15) is 33.3 Å². The molecule has 1 atom stereocenters. The third kappa shape index (κ3) is 7.06. The van der Waals surface area contributed by atoms with Crippen LogP contribution in [0.15, 0.2) is 48.5 Å². The first kappa shape index (κ1) is 22.7. The number of halogens is 2. The van der Waals surface area contributed by atoms with Crippen molar-refractivity contribution in [2.75, 3.05) is 6.61 Å². The van der Waals surface area contributed by atoms with Crippen molar-refractivity contribution in [3.63, 3.8) is 0 Å². The highest BCUT2D eigenvalue weighted by atomic mass is 35.5. The fraction of sp³-hybridized carbons (Fsp3) is 0.364. The van der Waals surface area contributed by atoms with Gasteiger partial charge in [0.2, 0.25) is 5.91 Å². The van der Waals surface area contributed by atoms with E-state index in [2.05, 4.69) is 5.32 Å². The van der Waals surface area contributed by atoms with Crippen LogP contribution >= 0.6 is 11.6 Å². The fourth-order valence-corrected chi connectivity index (χ4v) is 2.89. The molecule has 0 aliphatic heterocycles. The molecule has 2 amide bonds. The monoisotopic (exact) mass is 420 g/mol. The molecular formula is C22H26ClFN2O3. The lowest BCUT2D eigenvalue weighted by molar-refractivity contribution is -0.142. The molecule has 0 saturated heterocycles. The van der Waals surface area contributed by atoms with E-state index in [0.717, 1.165) is 5.56 Å². The first-order valence-corrected chi connectivity index (χ1v) is 9.68. The highest BCUT2D eigenvalue weighted by Crippen LogP contribution is 2.18. The van der Waals surface area contributed by atoms with Crippen molar-refractivity contribution in [1.29, 1.82) is 0 Å². The summed E-state index contributed by atoms with van der Waals surface area (Å²) in [5.41, 5.74) is 0.326. The van der Waals surface area contributed by atoms with E-state index in [1.54, 1.807) is 31.2 Å². The van der Waals surface area contributed by atoms with E-state index in [1.165, 1.54) is 23.1 Å². The first-order chi connectivity index (χ1) is 13.6. The van der Waals surface area contributed by atoms with Gasteiger partial charge >= 0.3 is 0 Å². The summed E-state index contributed by atoms with van der Waals surface area (Å²) in [5, 5.41) is 3.41. The molecule has 2 aromatic carbocycles. The number of nitrogens with one attached hydrogen (secondary N) is 1. The Morgan fingerprint density at radius 3 is 2.48 bits per heavy atom. The third-order valence-electron chi connectivity index (χ3n) is 4.10. The molecule has 5 nitrogen and oxygen atoms in total. The van der Waals surface area contributed by atoms with Crippen LogP contribution in [0, 0.1) is 5.82 Å². The van der Waals surface area contributed by atoms with Gasteiger partial charge in [-0.2, -0.15) is 0 Å². The fourth-order valence-electron chi connectivity index (χ4n) is 2.67. The van der Waals surface area contributed by atoms with Crippen LogP contribution in [0.25, 0.3) is 0 Å². The van der Waals surface area contributed by atoms with Gasteiger partial charge in [0, 0.05) is 17.1 Å². The van der Waals surface area contributed by atoms with Crippen LogP contribution in [0.2, 0.25) is 5.02 Å². The van der Waals surface area contributed by atoms with Gasteiger partial charge in [-0.05, 0) is 57.5 Å². The van der Waals surface area contributed by atoms with Crippen LogP contribution < -0.4 is 10.1 Å². The number of hydrogen-bond donors (Lipinski definition) is 1. The lowest BCUT2D eigenvalue weighted by Crippen LogP contribution is -2.53. The van der Waals surface area contributed by atoms with Gasteiger partial charge in [0.15, 0.2) is 18.2 Å². The van der Waals surface area contributed by atoms with E-state index >= 15 is 0 Å². The average Bonchev–Trinajstić information content (AvgIpc) is 2.63. The van der Waals surface area contributed by atoms with Gasteiger partial charge in [-0.15, -0.1) is 0 Å². The molecule has 0 aromatic heterocycles. The summed E-state index contributed by atoms with van der Waals surface area (Å²) in [5.74, 6) is -1.31. The minimum atomic E-state index is -0.759. The van der Waals surface area contributed by atoms with Crippen molar-refractivity contribution in [2.45, 2.75) is 45.8 Å². The Bertz CT molecular complexity index is 867. The van der Waals surface area contributed by atoms with Gasteiger partial charge in [0.1, 0.15) is 6.04 Å². The van der Waals surface area contributed by atoms with Gasteiger partial charge in [-0.3, -0.25) is 9.59 Å². The number of carbonyl (C=O) groups is 2. The topological polar surface area (TPSA) is 58.6 Å². The predicted molar refractivity (Wildman–Crippen MR) is 111 cm³/mol. The summed E-state index contributed by atoms with van der Waals surface area (Å²) in [4.78, 5) is 26.9. The number of nitrogens with zero attached hydrogens (tertiary/aromatic N) is 1. The number of amides is 2. The van der Waals surface area contributed by atoms with Gasteiger partial charge in [0.25, 0.3) is 5.91 Å². The molecule has 0 aliphatic rings. The summed E-state index contributed by atoms with van der Waals surface area (Å²) >= 11 is 6.05. The van der Waals surface area contributed by atoms with Crippen molar-refractivity contribution in [2.24, 2.45) is 0 Å². The van der Waals surface area contributed by atoms with Crippen molar-refractivity contribution >= 4 is 23.4 Å². The predicted octanol–water partition coefficient (Wildman–Crippen LogP) is 4.19. The zero-order valence-corrected chi connectivity index (χ0v) is 17.8. The zero-order valence-electron chi connectivity index (χ0n) is 17.0. The molecule has 0 aliphatic carbocycles. The Morgan fingerprint density at radius 2 is 1.86 bits per heavy atom. The second-order valence-corrected chi connectivity index (χ2v) is 8.22. The molecule has 0 saturated carbocycles. The molecule has 0 spiro atoms. The van der Waals surface area contributed by atoms with Crippen molar-refractivity contribution < 1.29 is 18.7 Å². The average molecular weight is 421 g/mol. The molecule has 2 aromatic rings. The Hall–Kier alpha value is -2.60. The third-order valence-corrected chi connectivity index (χ3v) is 4.33. The Kier molecular flexibility index (Phi) is 7.62. The van der Waals surface area contributed by atoms with Crippen LogP contribution in [0.5, 0.6) is 5.75 Å². The minimum absolute atomic E-state index is 0.0182. The molecule has 0 fully saturated rings. The van der Waals surface area contributed by atoms with Gasteiger partial charge in [-0.25, -0.2) is 4.39 Å². The SMILES string of the molecule is C[C@H](C(=O)NC(C)(C)C)N(Cc1cccc(Cl)c1)C(=O)COc1ccccc1F. The van der Waals surface area contributed by atoms with E-state index in [1.807, 2.05) is 26.8 Å². The van der Waals surface area contributed by atoms with Crippen LogP contribution in [0.3, 0.4) is 0 Å². The summed E-state index contributed by atoms with van der Waals surface area (Å²) in [7, 11) is 0. The zero-order chi connectivity index (χ0) is 21.6. The van der Waals surface area contributed by atoms with Gasteiger partial charge in [0.05, 0.1) is 0 Å². The van der Waals surface area contributed by atoms with E-state index in [9.17, 15) is 14.0 Å². The Morgan fingerprint density at radius 1 is 1.17 bits per heavy atom. The molecule has 7 heteroatoms. The maximum absolute atomic E-state index is 13.8. The lowest BCUT2D eigenvalue weighted by Gasteiger charge is -2.31.